The molecule has 0 atom stereocenters. The van der Waals surface area contributed by atoms with E-state index in [4.69, 9.17) is 9.47 Å². The Labute approximate surface area is 198 Å². The molecular weight excluding hydrogens is 459 g/mol. The van der Waals surface area contributed by atoms with Crippen molar-refractivity contribution in [1.82, 2.24) is 9.21 Å². The second-order valence-corrected chi connectivity index (χ2v) is 9.71. The van der Waals surface area contributed by atoms with Crippen LogP contribution in [0.2, 0.25) is 0 Å². The highest BCUT2D eigenvalue weighted by Gasteiger charge is 2.30. The zero-order valence-corrected chi connectivity index (χ0v) is 19.3. The van der Waals surface area contributed by atoms with Gasteiger partial charge in [-0.15, -0.1) is 0 Å². The number of sulfonamides is 1. The molecule has 3 aromatic rings. The van der Waals surface area contributed by atoms with Crippen LogP contribution in [0.4, 0.5) is 4.39 Å². The van der Waals surface area contributed by atoms with E-state index in [-0.39, 0.29) is 43.6 Å². The van der Waals surface area contributed by atoms with E-state index in [1.54, 1.807) is 29.2 Å². The van der Waals surface area contributed by atoms with E-state index < -0.39 is 15.8 Å². The van der Waals surface area contributed by atoms with Gasteiger partial charge in [0.15, 0.2) is 6.61 Å². The summed E-state index contributed by atoms with van der Waals surface area (Å²) in [5.41, 5.74) is 1.07. The van der Waals surface area contributed by atoms with Gasteiger partial charge in [0.1, 0.15) is 23.9 Å². The van der Waals surface area contributed by atoms with Crippen LogP contribution in [-0.4, -0.2) is 56.3 Å². The standard InChI is InChI=1S/C25H25FN2O5S/c26-21-6-12-24(13-7-21)34(30,31)28-16-14-27(15-17-28)25(29)19-33-23-10-8-22(9-11-23)32-18-20-4-2-1-3-5-20/h1-13H,14-19H2. The summed E-state index contributed by atoms with van der Waals surface area (Å²) in [6.45, 7) is 1.17. The quantitative estimate of drug-likeness (QED) is 0.490. The van der Waals surface area contributed by atoms with Crippen LogP contribution >= 0.6 is 0 Å². The Hall–Kier alpha value is -3.43. The molecule has 3 aromatic carbocycles. The normalized spacial score (nSPS) is 14.6. The number of carbonyl (C=O) groups excluding carboxylic acids is 1. The first-order valence-electron chi connectivity index (χ1n) is 10.8. The number of rotatable bonds is 8. The Morgan fingerprint density at radius 2 is 1.38 bits per heavy atom. The van der Waals surface area contributed by atoms with E-state index in [9.17, 15) is 17.6 Å². The number of hydrogen-bond acceptors (Lipinski definition) is 5. The van der Waals surface area contributed by atoms with Gasteiger partial charge in [0.2, 0.25) is 10.0 Å². The van der Waals surface area contributed by atoms with Crippen molar-refractivity contribution in [3.05, 3.63) is 90.2 Å². The summed E-state index contributed by atoms with van der Waals surface area (Å²) >= 11 is 0. The summed E-state index contributed by atoms with van der Waals surface area (Å²) < 4.78 is 51.2. The van der Waals surface area contributed by atoms with Crippen LogP contribution in [0.3, 0.4) is 0 Å². The smallest absolute Gasteiger partial charge is 0.260 e. The summed E-state index contributed by atoms with van der Waals surface area (Å²) in [4.78, 5) is 14.1. The maximum absolute atomic E-state index is 13.1. The average Bonchev–Trinajstić information content (AvgIpc) is 2.87. The average molecular weight is 485 g/mol. The molecule has 1 heterocycles. The summed E-state index contributed by atoms with van der Waals surface area (Å²) in [6.07, 6.45) is 0. The number of amides is 1. The fraction of sp³-hybridized carbons (Fsp3) is 0.240. The number of nitrogens with zero attached hydrogens (tertiary/aromatic N) is 2. The van der Waals surface area contributed by atoms with E-state index in [2.05, 4.69) is 0 Å². The fourth-order valence-corrected chi connectivity index (χ4v) is 4.97. The predicted molar refractivity (Wildman–Crippen MR) is 124 cm³/mol. The highest BCUT2D eigenvalue weighted by molar-refractivity contribution is 7.89. The van der Waals surface area contributed by atoms with Gasteiger partial charge in [0.05, 0.1) is 4.90 Å². The molecule has 9 heteroatoms. The molecule has 0 N–H and O–H groups in total. The van der Waals surface area contributed by atoms with Gasteiger partial charge in [-0.25, -0.2) is 12.8 Å². The van der Waals surface area contributed by atoms with Crippen molar-refractivity contribution in [3.63, 3.8) is 0 Å². The second kappa shape index (κ2) is 10.7. The van der Waals surface area contributed by atoms with Crippen molar-refractivity contribution < 1.29 is 27.1 Å². The monoisotopic (exact) mass is 484 g/mol. The Morgan fingerprint density at radius 3 is 2.00 bits per heavy atom. The molecule has 34 heavy (non-hydrogen) atoms. The maximum Gasteiger partial charge on any atom is 0.260 e. The van der Waals surface area contributed by atoms with Gasteiger partial charge in [-0.05, 0) is 54.1 Å². The highest BCUT2D eigenvalue weighted by atomic mass is 32.2. The van der Waals surface area contributed by atoms with E-state index >= 15 is 0 Å². The van der Waals surface area contributed by atoms with E-state index in [0.717, 1.165) is 17.7 Å². The zero-order valence-electron chi connectivity index (χ0n) is 18.5. The molecule has 1 aliphatic heterocycles. The van der Waals surface area contributed by atoms with Crippen LogP contribution < -0.4 is 9.47 Å². The number of halogens is 1. The minimum atomic E-state index is -3.72. The van der Waals surface area contributed by atoms with Crippen molar-refractivity contribution in [2.24, 2.45) is 0 Å². The molecule has 0 bridgehead atoms. The second-order valence-electron chi connectivity index (χ2n) is 7.77. The van der Waals surface area contributed by atoms with Crippen LogP contribution in [0.5, 0.6) is 11.5 Å². The molecule has 1 saturated heterocycles. The van der Waals surface area contributed by atoms with Crippen molar-refractivity contribution in [2.45, 2.75) is 11.5 Å². The Balaban J connectivity index is 1.23. The van der Waals surface area contributed by atoms with Crippen LogP contribution in [-0.2, 0) is 21.4 Å². The molecule has 0 saturated carbocycles. The summed E-state index contributed by atoms with van der Waals surface area (Å²) in [6, 6.07) is 21.6. The summed E-state index contributed by atoms with van der Waals surface area (Å²) in [7, 11) is -3.72. The molecule has 0 spiro atoms. The SMILES string of the molecule is O=C(COc1ccc(OCc2ccccc2)cc1)N1CCN(S(=O)(=O)c2ccc(F)cc2)CC1. The molecule has 4 rings (SSSR count). The van der Waals surface area contributed by atoms with Crippen LogP contribution in [0.15, 0.2) is 83.8 Å². The van der Waals surface area contributed by atoms with Crippen LogP contribution in [0.1, 0.15) is 5.56 Å². The molecule has 0 aliphatic carbocycles. The third-order valence-corrected chi connectivity index (χ3v) is 7.39. The zero-order chi connectivity index (χ0) is 24.0. The van der Waals surface area contributed by atoms with Crippen molar-refractivity contribution in [2.75, 3.05) is 32.8 Å². The van der Waals surface area contributed by atoms with Crippen molar-refractivity contribution >= 4 is 15.9 Å². The van der Waals surface area contributed by atoms with Crippen LogP contribution in [0.25, 0.3) is 0 Å². The minimum Gasteiger partial charge on any atom is -0.489 e. The molecule has 178 valence electrons. The first-order chi connectivity index (χ1) is 16.4. The Kier molecular flexibility index (Phi) is 7.44. The molecule has 7 nitrogen and oxygen atoms in total. The Bertz CT molecular complexity index is 1190. The molecular formula is C25H25FN2O5S. The third-order valence-electron chi connectivity index (χ3n) is 5.48. The lowest BCUT2D eigenvalue weighted by molar-refractivity contribution is -0.134. The van der Waals surface area contributed by atoms with E-state index in [1.165, 1.54) is 16.4 Å². The number of hydrogen-bond donors (Lipinski definition) is 0. The topological polar surface area (TPSA) is 76.2 Å². The van der Waals surface area contributed by atoms with Gasteiger partial charge in [0.25, 0.3) is 5.91 Å². The van der Waals surface area contributed by atoms with Gasteiger partial charge in [-0.2, -0.15) is 4.31 Å². The first kappa shape index (κ1) is 23.7. The fourth-order valence-electron chi connectivity index (χ4n) is 3.54. The number of ether oxygens (including phenoxy) is 2. The highest BCUT2D eigenvalue weighted by Crippen LogP contribution is 2.20. The van der Waals surface area contributed by atoms with Gasteiger partial charge >= 0.3 is 0 Å². The van der Waals surface area contributed by atoms with E-state index in [1.807, 2.05) is 30.3 Å². The molecule has 0 aromatic heterocycles. The lowest BCUT2D eigenvalue weighted by Gasteiger charge is -2.34. The first-order valence-corrected chi connectivity index (χ1v) is 12.3. The molecule has 1 fully saturated rings. The molecule has 0 radical (unpaired) electrons. The molecule has 1 amide bonds. The van der Waals surface area contributed by atoms with Crippen molar-refractivity contribution in [1.29, 1.82) is 0 Å². The number of carbonyl (C=O) groups is 1. The molecule has 0 unspecified atom stereocenters. The van der Waals surface area contributed by atoms with E-state index in [0.29, 0.717) is 18.1 Å². The van der Waals surface area contributed by atoms with Crippen molar-refractivity contribution in [3.8, 4) is 11.5 Å². The minimum absolute atomic E-state index is 0.0354. The third kappa shape index (κ3) is 5.92. The summed E-state index contributed by atoms with van der Waals surface area (Å²) in [5.74, 6) is 0.519. The predicted octanol–water partition coefficient (Wildman–Crippen LogP) is 3.32. The molecule has 1 aliphatic rings. The maximum atomic E-state index is 13.1. The Morgan fingerprint density at radius 1 is 0.794 bits per heavy atom. The largest absolute Gasteiger partial charge is 0.489 e. The lowest BCUT2D eigenvalue weighted by Crippen LogP contribution is -2.51. The van der Waals surface area contributed by atoms with Gasteiger partial charge in [-0.3, -0.25) is 4.79 Å². The summed E-state index contributed by atoms with van der Waals surface area (Å²) in [5, 5.41) is 0. The van der Waals surface area contributed by atoms with Crippen LogP contribution in [0, 0.1) is 5.82 Å². The van der Waals surface area contributed by atoms with Gasteiger partial charge < -0.3 is 14.4 Å². The van der Waals surface area contributed by atoms with Gasteiger partial charge in [-0.1, -0.05) is 30.3 Å². The lowest BCUT2D eigenvalue weighted by atomic mass is 10.2. The number of piperazine rings is 1. The number of benzene rings is 3. The van der Waals surface area contributed by atoms with Gasteiger partial charge in [0, 0.05) is 26.2 Å².